The van der Waals surface area contributed by atoms with Crippen LogP contribution in [-0.2, 0) is 0 Å². The van der Waals surface area contributed by atoms with Gasteiger partial charge in [0.1, 0.15) is 5.75 Å². The zero-order valence-corrected chi connectivity index (χ0v) is 11.5. The molecular formula is C6H18B4O13. The molecule has 132 valence electrons. The molecule has 0 unspecified atom stereocenters. The molecule has 0 fully saturated rings. The Balaban J connectivity index is -0.000000102. The van der Waals surface area contributed by atoms with Crippen LogP contribution in [0.25, 0.3) is 0 Å². The van der Waals surface area contributed by atoms with Crippen molar-refractivity contribution in [2.24, 2.45) is 0 Å². The minimum absolute atomic E-state index is 0.322. The monoisotopic (exact) mass is 342 g/mol. The number of phenols is 1. The highest BCUT2D eigenvalue weighted by Crippen LogP contribution is 2.02. The van der Waals surface area contributed by atoms with Gasteiger partial charge in [0.05, 0.1) is 0 Å². The van der Waals surface area contributed by atoms with Crippen molar-refractivity contribution in [3.8, 4) is 5.75 Å². The van der Waals surface area contributed by atoms with E-state index in [1.54, 1.807) is 24.3 Å². The molecule has 0 amide bonds. The Morgan fingerprint density at radius 3 is 0.696 bits per heavy atom. The average molecular weight is 341 g/mol. The lowest BCUT2D eigenvalue weighted by atomic mass is 10.3. The Morgan fingerprint density at radius 2 is 0.609 bits per heavy atom. The molecule has 23 heavy (non-hydrogen) atoms. The fourth-order valence-corrected chi connectivity index (χ4v) is 0.428. The molecule has 1 aromatic carbocycles. The second-order valence-corrected chi connectivity index (χ2v) is 2.72. The van der Waals surface area contributed by atoms with E-state index in [1.165, 1.54) is 0 Å². The Morgan fingerprint density at radius 1 is 0.435 bits per heavy atom. The third kappa shape index (κ3) is 159. The molecule has 0 aliphatic heterocycles. The van der Waals surface area contributed by atoms with E-state index in [0.717, 1.165) is 0 Å². The average Bonchev–Trinajstić information content (AvgIpc) is 2.26. The molecule has 0 aliphatic rings. The van der Waals surface area contributed by atoms with Crippen molar-refractivity contribution in [3.05, 3.63) is 30.3 Å². The Hall–Kier alpha value is -1.20. The first-order valence-corrected chi connectivity index (χ1v) is 5.23. The van der Waals surface area contributed by atoms with E-state index in [9.17, 15) is 0 Å². The van der Waals surface area contributed by atoms with Gasteiger partial charge in [-0.1, -0.05) is 18.2 Å². The Labute approximate surface area is 131 Å². The molecule has 13 nitrogen and oxygen atoms in total. The standard InChI is InChI=1S/C6H6O.4BH3O3/c7-6-4-2-1-3-5-6;4*2-1(3)4/h1-5,7H;4*2-4H. The summed E-state index contributed by atoms with van der Waals surface area (Å²) in [5.41, 5.74) is 0. The van der Waals surface area contributed by atoms with Crippen molar-refractivity contribution in [3.63, 3.8) is 0 Å². The van der Waals surface area contributed by atoms with E-state index < -0.39 is 29.3 Å². The normalized spacial score (nSPS) is 7.30. The van der Waals surface area contributed by atoms with E-state index in [0.29, 0.717) is 5.75 Å². The van der Waals surface area contributed by atoms with E-state index >= 15 is 0 Å². The number of rotatable bonds is 0. The van der Waals surface area contributed by atoms with Gasteiger partial charge in [-0.2, -0.15) is 0 Å². The van der Waals surface area contributed by atoms with Crippen molar-refractivity contribution in [2.75, 3.05) is 0 Å². The summed E-state index contributed by atoms with van der Waals surface area (Å²) in [5.74, 6) is 0.322. The summed E-state index contributed by atoms with van der Waals surface area (Å²) in [7, 11) is -8.67. The van der Waals surface area contributed by atoms with Crippen LogP contribution in [0, 0.1) is 0 Å². The minimum atomic E-state index is -2.17. The van der Waals surface area contributed by atoms with Gasteiger partial charge < -0.3 is 65.4 Å². The summed E-state index contributed by atoms with van der Waals surface area (Å²) in [5, 5.41) is 94.6. The molecule has 0 heterocycles. The number of para-hydroxylation sites is 1. The van der Waals surface area contributed by atoms with Crippen LogP contribution in [0.5, 0.6) is 5.75 Å². The highest BCUT2D eigenvalue weighted by atomic mass is 16.5. The van der Waals surface area contributed by atoms with E-state index in [-0.39, 0.29) is 0 Å². The third-order valence-corrected chi connectivity index (χ3v) is 0.756. The molecule has 1 rings (SSSR count). The van der Waals surface area contributed by atoms with Crippen molar-refractivity contribution >= 4 is 29.3 Å². The quantitative estimate of drug-likeness (QED) is 0.196. The Kier molecular flexibility index (Phi) is 29.9. The van der Waals surface area contributed by atoms with Crippen LogP contribution in [0.2, 0.25) is 0 Å². The van der Waals surface area contributed by atoms with Crippen molar-refractivity contribution < 1.29 is 65.4 Å². The van der Waals surface area contributed by atoms with Crippen LogP contribution < -0.4 is 0 Å². The number of hydrogen-bond donors (Lipinski definition) is 13. The summed E-state index contributed by atoms with van der Waals surface area (Å²) < 4.78 is 0. The zero-order valence-electron chi connectivity index (χ0n) is 11.5. The smallest absolute Gasteiger partial charge is 0.508 e. The number of aromatic hydroxyl groups is 1. The maximum Gasteiger partial charge on any atom is 0.631 e. The molecule has 0 aromatic heterocycles. The maximum absolute atomic E-state index is 8.63. The lowest BCUT2D eigenvalue weighted by Crippen LogP contribution is -2.07. The van der Waals surface area contributed by atoms with Gasteiger partial charge in [0.2, 0.25) is 0 Å². The van der Waals surface area contributed by atoms with Crippen molar-refractivity contribution in [2.45, 2.75) is 0 Å². The number of benzene rings is 1. The summed E-state index contributed by atoms with van der Waals surface area (Å²) in [4.78, 5) is 0. The van der Waals surface area contributed by atoms with Crippen molar-refractivity contribution in [1.82, 2.24) is 0 Å². The molecule has 0 saturated heterocycles. The molecule has 1 aromatic rings. The molecule has 0 radical (unpaired) electrons. The van der Waals surface area contributed by atoms with Crippen LogP contribution in [0.4, 0.5) is 0 Å². The van der Waals surface area contributed by atoms with Gasteiger partial charge >= 0.3 is 29.3 Å². The second-order valence-electron chi connectivity index (χ2n) is 2.72. The summed E-state index contributed by atoms with van der Waals surface area (Å²) in [6.45, 7) is 0. The topological polar surface area (TPSA) is 263 Å². The highest BCUT2D eigenvalue weighted by Gasteiger charge is 1.93. The molecule has 17 heteroatoms. The van der Waals surface area contributed by atoms with Crippen LogP contribution in [0.1, 0.15) is 0 Å². The predicted molar refractivity (Wildman–Crippen MR) is 77.7 cm³/mol. The Bertz CT molecular complexity index is 265. The first kappa shape index (κ1) is 29.8. The number of hydrogen-bond acceptors (Lipinski definition) is 13. The van der Waals surface area contributed by atoms with Gasteiger partial charge in [-0.05, 0) is 12.1 Å². The number of phenolic OH excluding ortho intramolecular Hbond substituents is 1. The second kappa shape index (κ2) is 23.1. The predicted octanol–water partition coefficient (Wildman–Crippen LogP) is -6.81. The van der Waals surface area contributed by atoms with Gasteiger partial charge in [0.15, 0.2) is 0 Å². The molecule has 0 bridgehead atoms. The fourth-order valence-electron chi connectivity index (χ4n) is 0.428. The summed E-state index contributed by atoms with van der Waals surface area (Å²) in [6, 6.07) is 8.71. The summed E-state index contributed by atoms with van der Waals surface area (Å²) >= 11 is 0. The summed E-state index contributed by atoms with van der Waals surface area (Å²) in [6.07, 6.45) is 0. The van der Waals surface area contributed by atoms with Crippen LogP contribution in [0.15, 0.2) is 30.3 Å². The lowest BCUT2D eigenvalue weighted by molar-refractivity contribution is 0.276. The lowest BCUT2D eigenvalue weighted by Gasteiger charge is -1.82. The molecule has 0 saturated carbocycles. The van der Waals surface area contributed by atoms with Gasteiger partial charge in [0, 0.05) is 0 Å². The maximum atomic E-state index is 8.63. The van der Waals surface area contributed by atoms with Crippen LogP contribution >= 0.6 is 0 Å². The van der Waals surface area contributed by atoms with Gasteiger partial charge in [-0.3, -0.25) is 0 Å². The molecule has 13 N–H and O–H groups in total. The third-order valence-electron chi connectivity index (χ3n) is 0.756. The first-order valence-electron chi connectivity index (χ1n) is 5.23. The van der Waals surface area contributed by atoms with Gasteiger partial charge in [-0.25, -0.2) is 0 Å². The minimum Gasteiger partial charge on any atom is -0.508 e. The van der Waals surface area contributed by atoms with Crippen LogP contribution in [-0.4, -0.2) is 94.7 Å². The van der Waals surface area contributed by atoms with E-state index in [1.807, 2.05) is 6.07 Å². The van der Waals surface area contributed by atoms with Gasteiger partial charge in [0.25, 0.3) is 0 Å². The molecule has 0 spiro atoms. The molecular weight excluding hydrogens is 323 g/mol. The van der Waals surface area contributed by atoms with Crippen molar-refractivity contribution in [1.29, 1.82) is 0 Å². The van der Waals surface area contributed by atoms with E-state index in [2.05, 4.69) is 0 Å². The van der Waals surface area contributed by atoms with Crippen LogP contribution in [0.3, 0.4) is 0 Å². The van der Waals surface area contributed by atoms with Gasteiger partial charge in [-0.15, -0.1) is 0 Å². The van der Waals surface area contributed by atoms with E-state index in [4.69, 9.17) is 65.4 Å². The molecule has 0 atom stereocenters. The first-order chi connectivity index (χ1) is 10.3. The SMILES string of the molecule is OB(O)O.OB(O)O.OB(O)O.OB(O)O.Oc1ccccc1. The zero-order chi connectivity index (χ0) is 19.4. The molecule has 0 aliphatic carbocycles. The highest BCUT2D eigenvalue weighted by molar-refractivity contribution is 6.31. The largest absolute Gasteiger partial charge is 0.631 e. The fraction of sp³-hybridized carbons (Fsp3) is 0.